The van der Waals surface area contributed by atoms with Crippen LogP contribution in [0.2, 0.25) is 0 Å². The topological polar surface area (TPSA) is 41.5 Å². The molecule has 0 bridgehead atoms. The van der Waals surface area contributed by atoms with E-state index >= 15 is 0 Å². The zero-order chi connectivity index (χ0) is 15.0. The molecule has 3 nitrogen and oxygen atoms in total. The number of phenols is 1. The van der Waals surface area contributed by atoms with Crippen LogP contribution in [0.25, 0.3) is 10.8 Å². The lowest BCUT2D eigenvalue weighted by molar-refractivity contribution is -0.0975. The Morgan fingerprint density at radius 2 is 1.90 bits per heavy atom. The quantitative estimate of drug-likeness (QED) is 0.886. The van der Waals surface area contributed by atoms with Crippen molar-refractivity contribution in [2.45, 2.75) is 39.3 Å². The van der Waals surface area contributed by atoms with Gasteiger partial charge >= 0.3 is 0 Å². The largest absolute Gasteiger partial charge is 0.507 e. The fourth-order valence-electron chi connectivity index (χ4n) is 3.22. The molecule has 0 heterocycles. The highest BCUT2D eigenvalue weighted by atomic mass is 16.5. The monoisotopic (exact) mass is 285 g/mol. The molecule has 0 aliphatic heterocycles. The van der Waals surface area contributed by atoms with E-state index < -0.39 is 0 Å². The van der Waals surface area contributed by atoms with Gasteiger partial charge in [-0.2, -0.15) is 0 Å². The molecule has 3 rings (SSSR count). The van der Waals surface area contributed by atoms with Gasteiger partial charge in [0, 0.05) is 34.5 Å². The molecular formula is C18H23NO2. The normalized spacial score (nSPS) is 23.8. The van der Waals surface area contributed by atoms with E-state index in [9.17, 15) is 5.11 Å². The molecule has 1 fully saturated rings. The number of anilines is 1. The molecule has 2 unspecified atom stereocenters. The summed E-state index contributed by atoms with van der Waals surface area (Å²) >= 11 is 0. The van der Waals surface area contributed by atoms with Crippen LogP contribution < -0.4 is 5.32 Å². The third-order valence-corrected chi connectivity index (χ3v) is 4.77. The van der Waals surface area contributed by atoms with Crippen LogP contribution in [0.3, 0.4) is 0 Å². The Bertz CT molecular complexity index is 651. The van der Waals surface area contributed by atoms with E-state index in [-0.39, 0.29) is 5.41 Å². The molecule has 2 atom stereocenters. The first-order chi connectivity index (χ1) is 10.0. The minimum atomic E-state index is 0.120. The number of nitrogens with one attached hydrogen (secondary N) is 1. The molecule has 2 aromatic rings. The van der Waals surface area contributed by atoms with Crippen molar-refractivity contribution in [2.24, 2.45) is 5.41 Å². The number of fused-ring (bicyclic) bond motifs is 1. The first kappa shape index (κ1) is 14.2. The van der Waals surface area contributed by atoms with Gasteiger partial charge in [-0.25, -0.2) is 0 Å². The van der Waals surface area contributed by atoms with E-state index in [1.165, 1.54) is 0 Å². The summed E-state index contributed by atoms with van der Waals surface area (Å²) in [6, 6.07) is 12.1. The van der Waals surface area contributed by atoms with Gasteiger partial charge in [0.25, 0.3) is 0 Å². The molecular weight excluding hydrogens is 262 g/mol. The van der Waals surface area contributed by atoms with Gasteiger partial charge < -0.3 is 15.2 Å². The van der Waals surface area contributed by atoms with Crippen LogP contribution in [0, 0.1) is 5.41 Å². The summed E-state index contributed by atoms with van der Waals surface area (Å²) in [5.74, 6) is 0.330. The minimum absolute atomic E-state index is 0.120. The van der Waals surface area contributed by atoms with Crippen molar-refractivity contribution in [1.82, 2.24) is 0 Å². The van der Waals surface area contributed by atoms with E-state index in [4.69, 9.17) is 4.74 Å². The van der Waals surface area contributed by atoms with Crippen LogP contribution >= 0.6 is 0 Å². The number of hydrogen-bond donors (Lipinski definition) is 2. The summed E-state index contributed by atoms with van der Waals surface area (Å²) in [5, 5.41) is 15.6. The van der Waals surface area contributed by atoms with Gasteiger partial charge in [0.2, 0.25) is 0 Å². The molecule has 1 saturated carbocycles. The molecule has 1 aliphatic carbocycles. The lowest BCUT2D eigenvalue weighted by Gasteiger charge is -2.52. The predicted molar refractivity (Wildman–Crippen MR) is 86.8 cm³/mol. The van der Waals surface area contributed by atoms with Gasteiger partial charge in [0.15, 0.2) is 0 Å². The smallest absolute Gasteiger partial charge is 0.123 e. The second-order valence-corrected chi connectivity index (χ2v) is 6.38. The molecule has 112 valence electrons. The fraction of sp³-hybridized carbons (Fsp3) is 0.444. The minimum Gasteiger partial charge on any atom is -0.507 e. The first-order valence-electron chi connectivity index (χ1n) is 7.63. The second kappa shape index (κ2) is 5.23. The van der Waals surface area contributed by atoms with Crippen LogP contribution in [0.1, 0.15) is 27.2 Å². The number of aromatic hydroxyl groups is 1. The lowest BCUT2D eigenvalue weighted by Crippen LogP contribution is -2.58. The van der Waals surface area contributed by atoms with Crippen molar-refractivity contribution in [2.75, 3.05) is 11.9 Å². The average Bonchev–Trinajstić information content (AvgIpc) is 2.47. The maximum Gasteiger partial charge on any atom is 0.123 e. The van der Waals surface area contributed by atoms with E-state index in [1.807, 2.05) is 31.2 Å². The zero-order valence-electron chi connectivity index (χ0n) is 12.9. The molecule has 2 N–H and O–H groups in total. The summed E-state index contributed by atoms with van der Waals surface area (Å²) in [6.45, 7) is 7.31. The summed E-state index contributed by atoms with van der Waals surface area (Å²) in [7, 11) is 0. The van der Waals surface area contributed by atoms with Crippen molar-refractivity contribution < 1.29 is 9.84 Å². The van der Waals surface area contributed by atoms with Gasteiger partial charge in [-0.05, 0) is 25.5 Å². The molecule has 2 aromatic carbocycles. The molecule has 0 saturated heterocycles. The number of hydrogen-bond acceptors (Lipinski definition) is 3. The predicted octanol–water partition coefficient (Wildman–Crippen LogP) is 4.16. The van der Waals surface area contributed by atoms with Crippen molar-refractivity contribution in [3.63, 3.8) is 0 Å². The van der Waals surface area contributed by atoms with Crippen molar-refractivity contribution in [1.29, 1.82) is 0 Å². The summed E-state index contributed by atoms with van der Waals surface area (Å²) < 4.78 is 5.79. The molecule has 21 heavy (non-hydrogen) atoms. The Balaban J connectivity index is 1.85. The van der Waals surface area contributed by atoms with E-state index in [2.05, 4.69) is 25.2 Å². The highest BCUT2D eigenvalue weighted by Gasteiger charge is 2.48. The molecule has 0 radical (unpaired) electrons. The van der Waals surface area contributed by atoms with Crippen molar-refractivity contribution in [3.05, 3.63) is 36.4 Å². The van der Waals surface area contributed by atoms with Gasteiger partial charge in [0.05, 0.1) is 6.10 Å². The number of benzene rings is 2. The van der Waals surface area contributed by atoms with Crippen molar-refractivity contribution in [3.8, 4) is 5.75 Å². The van der Waals surface area contributed by atoms with Crippen LogP contribution in [0.15, 0.2) is 36.4 Å². The third kappa shape index (κ3) is 2.36. The summed E-state index contributed by atoms with van der Waals surface area (Å²) in [5.41, 5.74) is 1.20. The van der Waals surface area contributed by atoms with E-state index in [0.717, 1.165) is 29.5 Å². The number of ether oxygens (including phenoxy) is 1. The van der Waals surface area contributed by atoms with Crippen LogP contribution in [-0.2, 0) is 4.74 Å². The molecule has 0 aromatic heterocycles. The Hall–Kier alpha value is -1.74. The SMILES string of the molecule is CCOC1CC(Nc2cccc3c(O)cccc23)C1(C)C. The van der Waals surface area contributed by atoms with Gasteiger partial charge in [-0.15, -0.1) is 0 Å². The number of rotatable bonds is 4. The standard InChI is InChI=1S/C18H23NO2/c1-4-21-17-11-16(18(17,2)3)19-14-9-5-8-13-12(14)7-6-10-15(13)20/h5-10,16-17,19-20H,4,11H2,1-3H3. The molecule has 1 aliphatic rings. The number of phenolic OH excluding ortho intramolecular Hbond substituents is 1. The Morgan fingerprint density at radius 1 is 1.19 bits per heavy atom. The Morgan fingerprint density at radius 3 is 2.62 bits per heavy atom. The molecule has 3 heteroatoms. The Kier molecular flexibility index (Phi) is 3.54. The van der Waals surface area contributed by atoms with Gasteiger partial charge in [-0.1, -0.05) is 38.1 Å². The second-order valence-electron chi connectivity index (χ2n) is 6.38. The maximum atomic E-state index is 9.97. The zero-order valence-corrected chi connectivity index (χ0v) is 12.9. The summed E-state index contributed by atoms with van der Waals surface area (Å²) in [4.78, 5) is 0. The van der Waals surface area contributed by atoms with E-state index in [1.54, 1.807) is 6.07 Å². The van der Waals surface area contributed by atoms with Gasteiger partial charge in [-0.3, -0.25) is 0 Å². The molecule has 0 spiro atoms. The summed E-state index contributed by atoms with van der Waals surface area (Å²) in [6.07, 6.45) is 1.35. The van der Waals surface area contributed by atoms with Crippen LogP contribution in [0.5, 0.6) is 5.75 Å². The van der Waals surface area contributed by atoms with Gasteiger partial charge in [0.1, 0.15) is 5.75 Å². The average molecular weight is 285 g/mol. The first-order valence-corrected chi connectivity index (χ1v) is 7.63. The highest BCUT2D eigenvalue weighted by Crippen LogP contribution is 2.45. The Labute approximate surface area is 125 Å². The van der Waals surface area contributed by atoms with Crippen LogP contribution in [0.4, 0.5) is 5.69 Å². The third-order valence-electron chi connectivity index (χ3n) is 4.77. The fourth-order valence-corrected chi connectivity index (χ4v) is 3.22. The van der Waals surface area contributed by atoms with E-state index in [0.29, 0.717) is 17.9 Å². The highest BCUT2D eigenvalue weighted by molar-refractivity contribution is 5.97. The van der Waals surface area contributed by atoms with Crippen LogP contribution in [-0.4, -0.2) is 23.9 Å². The molecule has 0 amide bonds. The van der Waals surface area contributed by atoms with Crippen molar-refractivity contribution >= 4 is 16.5 Å². The maximum absolute atomic E-state index is 9.97. The lowest BCUT2D eigenvalue weighted by atomic mass is 9.64.